The highest BCUT2D eigenvalue weighted by Crippen LogP contribution is 2.40. The highest BCUT2D eigenvalue weighted by atomic mass is 35.5. The van der Waals surface area contributed by atoms with Crippen LogP contribution in [0.4, 0.5) is 5.69 Å². The van der Waals surface area contributed by atoms with Gasteiger partial charge < -0.3 is 14.8 Å². The first kappa shape index (κ1) is 17.4. The molecule has 25 heavy (non-hydrogen) atoms. The molecule has 1 amide bonds. The molecule has 0 saturated carbocycles. The molecule has 1 aliphatic rings. The van der Waals surface area contributed by atoms with Crippen molar-refractivity contribution in [1.29, 1.82) is 5.26 Å². The van der Waals surface area contributed by atoms with Gasteiger partial charge in [0, 0.05) is 0 Å². The van der Waals surface area contributed by atoms with Gasteiger partial charge in [-0.05, 0) is 35.9 Å². The smallest absolute Gasteiger partial charge is 0.266 e. The van der Waals surface area contributed by atoms with E-state index in [4.69, 9.17) is 44.3 Å². The van der Waals surface area contributed by atoms with Crippen LogP contribution < -0.4 is 14.8 Å². The third-order valence-electron chi connectivity index (χ3n) is 3.33. The molecule has 0 radical (unpaired) electrons. The van der Waals surface area contributed by atoms with Crippen molar-refractivity contribution in [3.63, 3.8) is 0 Å². The van der Waals surface area contributed by atoms with Crippen LogP contribution in [0.25, 0.3) is 6.08 Å². The van der Waals surface area contributed by atoms with Gasteiger partial charge in [-0.15, -0.1) is 0 Å². The molecule has 0 unspecified atom stereocenters. The maximum absolute atomic E-state index is 12.4. The Morgan fingerprint density at radius 2 is 1.88 bits per heavy atom. The molecule has 0 fully saturated rings. The molecule has 5 nitrogen and oxygen atoms in total. The molecular weight excluding hydrogens is 387 g/mol. The molecule has 1 aliphatic heterocycles. The van der Waals surface area contributed by atoms with Gasteiger partial charge in [0.1, 0.15) is 11.6 Å². The number of halogens is 3. The molecule has 0 atom stereocenters. The van der Waals surface area contributed by atoms with Crippen LogP contribution in [-0.4, -0.2) is 12.7 Å². The van der Waals surface area contributed by atoms with E-state index in [-0.39, 0.29) is 28.1 Å². The van der Waals surface area contributed by atoms with E-state index in [9.17, 15) is 10.1 Å². The molecule has 2 aromatic carbocycles. The summed E-state index contributed by atoms with van der Waals surface area (Å²) in [5.41, 5.74) is 0.609. The third kappa shape index (κ3) is 3.67. The van der Waals surface area contributed by atoms with E-state index < -0.39 is 5.91 Å². The van der Waals surface area contributed by atoms with E-state index in [1.54, 1.807) is 30.3 Å². The number of amides is 1. The molecular formula is C17H9Cl3N2O3. The van der Waals surface area contributed by atoms with Gasteiger partial charge in [0.25, 0.3) is 5.91 Å². The molecule has 0 bridgehead atoms. The number of rotatable bonds is 3. The second-order valence-corrected chi connectivity index (χ2v) is 6.18. The fourth-order valence-electron chi connectivity index (χ4n) is 2.18. The third-order valence-corrected chi connectivity index (χ3v) is 4.24. The number of carbonyl (C=O) groups is 1. The summed E-state index contributed by atoms with van der Waals surface area (Å²) >= 11 is 18.1. The predicted octanol–water partition coefficient (Wildman–Crippen LogP) is 4.92. The number of carbonyl (C=O) groups excluding carboxylic acids is 1. The van der Waals surface area contributed by atoms with Gasteiger partial charge in [0.15, 0.2) is 11.5 Å². The number of nitriles is 1. The molecule has 1 heterocycles. The summed E-state index contributed by atoms with van der Waals surface area (Å²) < 4.78 is 10.5. The summed E-state index contributed by atoms with van der Waals surface area (Å²) in [7, 11) is 0. The minimum absolute atomic E-state index is 0.0683. The van der Waals surface area contributed by atoms with Gasteiger partial charge >= 0.3 is 0 Å². The van der Waals surface area contributed by atoms with Crippen molar-refractivity contribution in [2.45, 2.75) is 0 Å². The summed E-state index contributed by atoms with van der Waals surface area (Å²) in [6.07, 6.45) is 1.38. The van der Waals surface area contributed by atoms with Gasteiger partial charge in [-0.25, -0.2) is 0 Å². The lowest BCUT2D eigenvalue weighted by Crippen LogP contribution is -2.14. The van der Waals surface area contributed by atoms with Crippen LogP contribution in [0.2, 0.25) is 15.1 Å². The maximum Gasteiger partial charge on any atom is 0.266 e. The number of nitrogens with one attached hydrogen (secondary N) is 1. The number of fused-ring (bicyclic) bond motifs is 1. The lowest BCUT2D eigenvalue weighted by molar-refractivity contribution is -0.112. The van der Waals surface area contributed by atoms with Gasteiger partial charge in [0.05, 0.1) is 20.8 Å². The topological polar surface area (TPSA) is 71.3 Å². The average Bonchev–Trinajstić information content (AvgIpc) is 3.05. The number of anilines is 1. The van der Waals surface area contributed by atoms with Crippen LogP contribution in [0, 0.1) is 11.3 Å². The summed E-state index contributed by atoms with van der Waals surface area (Å²) in [4.78, 5) is 12.4. The first-order valence-corrected chi connectivity index (χ1v) is 8.09. The van der Waals surface area contributed by atoms with Crippen molar-refractivity contribution >= 4 is 52.5 Å². The highest BCUT2D eigenvalue weighted by Gasteiger charge is 2.19. The maximum atomic E-state index is 12.4. The van der Waals surface area contributed by atoms with Crippen molar-refractivity contribution in [3.05, 3.63) is 56.5 Å². The second-order valence-electron chi connectivity index (χ2n) is 4.96. The van der Waals surface area contributed by atoms with Crippen LogP contribution in [-0.2, 0) is 4.79 Å². The van der Waals surface area contributed by atoms with Crippen LogP contribution in [0.5, 0.6) is 11.5 Å². The van der Waals surface area contributed by atoms with Gasteiger partial charge in [-0.3, -0.25) is 4.79 Å². The molecule has 1 N–H and O–H groups in total. The number of hydrogen-bond acceptors (Lipinski definition) is 4. The largest absolute Gasteiger partial charge is 0.454 e. The molecule has 0 aromatic heterocycles. The summed E-state index contributed by atoms with van der Waals surface area (Å²) in [5.74, 6) is 0.238. The number of para-hydroxylation sites is 1. The Kier molecular flexibility index (Phi) is 5.05. The number of nitrogens with zero attached hydrogens (tertiary/aromatic N) is 1. The van der Waals surface area contributed by atoms with E-state index in [0.717, 1.165) is 0 Å². The minimum atomic E-state index is -0.647. The van der Waals surface area contributed by atoms with E-state index >= 15 is 0 Å². The van der Waals surface area contributed by atoms with Gasteiger partial charge in [-0.2, -0.15) is 5.26 Å². The van der Waals surface area contributed by atoms with Crippen LogP contribution >= 0.6 is 34.8 Å². The van der Waals surface area contributed by atoms with Crippen LogP contribution in [0.15, 0.2) is 35.9 Å². The standard InChI is InChI=1S/C17H9Cl3N2O3/c18-11-2-1-3-12(19)15(11)22-17(23)10(7-21)4-9-5-13(20)16-14(6-9)24-8-25-16/h1-6H,8H2,(H,22,23)/b10-4+. The zero-order valence-corrected chi connectivity index (χ0v) is 14.7. The Morgan fingerprint density at radius 1 is 1.16 bits per heavy atom. The first-order valence-electron chi connectivity index (χ1n) is 6.96. The molecule has 8 heteroatoms. The van der Waals surface area contributed by atoms with Crippen LogP contribution in [0.1, 0.15) is 5.56 Å². The molecule has 0 spiro atoms. The van der Waals surface area contributed by atoms with Gasteiger partial charge in [0.2, 0.25) is 6.79 Å². The summed E-state index contributed by atoms with van der Waals surface area (Å²) in [6, 6.07) is 9.85. The van der Waals surface area contributed by atoms with Crippen molar-refractivity contribution in [1.82, 2.24) is 0 Å². The van der Waals surface area contributed by atoms with Gasteiger partial charge in [-0.1, -0.05) is 40.9 Å². The fraction of sp³-hybridized carbons (Fsp3) is 0.0588. The summed E-state index contributed by atoms with van der Waals surface area (Å²) in [6.45, 7) is 0.0683. The van der Waals surface area contributed by atoms with Crippen molar-refractivity contribution in [3.8, 4) is 17.6 Å². The fourth-order valence-corrected chi connectivity index (χ4v) is 2.95. The van der Waals surface area contributed by atoms with E-state index in [0.29, 0.717) is 22.1 Å². The highest BCUT2D eigenvalue weighted by molar-refractivity contribution is 6.40. The Morgan fingerprint density at radius 3 is 2.56 bits per heavy atom. The SMILES string of the molecule is N#C/C(=C\c1cc(Cl)c2c(c1)OCO2)C(=O)Nc1c(Cl)cccc1Cl. The first-order chi connectivity index (χ1) is 12.0. The number of ether oxygens (including phenoxy) is 2. The number of hydrogen-bond donors (Lipinski definition) is 1. The van der Waals surface area contributed by atoms with E-state index in [1.807, 2.05) is 6.07 Å². The normalized spacial score (nSPS) is 12.6. The molecule has 2 aromatic rings. The monoisotopic (exact) mass is 394 g/mol. The Labute approximate surface area is 158 Å². The van der Waals surface area contributed by atoms with Crippen LogP contribution in [0.3, 0.4) is 0 Å². The summed E-state index contributed by atoms with van der Waals surface area (Å²) in [5, 5.41) is 12.7. The van der Waals surface area contributed by atoms with E-state index in [2.05, 4.69) is 5.32 Å². The predicted molar refractivity (Wildman–Crippen MR) is 96.3 cm³/mol. The van der Waals surface area contributed by atoms with E-state index in [1.165, 1.54) is 6.08 Å². The lowest BCUT2D eigenvalue weighted by atomic mass is 10.1. The second kappa shape index (κ2) is 7.24. The Balaban J connectivity index is 1.90. The van der Waals surface area contributed by atoms with Crippen molar-refractivity contribution in [2.24, 2.45) is 0 Å². The lowest BCUT2D eigenvalue weighted by Gasteiger charge is -2.08. The van der Waals surface area contributed by atoms with Crippen molar-refractivity contribution < 1.29 is 14.3 Å². The molecule has 0 aliphatic carbocycles. The average molecular weight is 396 g/mol. The number of benzene rings is 2. The Hall–Kier alpha value is -2.39. The zero-order valence-electron chi connectivity index (χ0n) is 12.5. The quantitative estimate of drug-likeness (QED) is 0.591. The Bertz CT molecular complexity index is 915. The van der Waals surface area contributed by atoms with Crippen molar-refractivity contribution in [2.75, 3.05) is 12.1 Å². The minimum Gasteiger partial charge on any atom is -0.454 e. The molecule has 0 saturated heterocycles. The zero-order chi connectivity index (χ0) is 18.0. The molecule has 3 rings (SSSR count). The molecule has 126 valence electrons.